The Morgan fingerprint density at radius 1 is 1.40 bits per heavy atom. The number of rotatable bonds is 6. The van der Waals surface area contributed by atoms with Crippen molar-refractivity contribution in [2.45, 2.75) is 65.0 Å². The van der Waals surface area contributed by atoms with Crippen LogP contribution in [0.1, 0.15) is 51.0 Å². The zero-order valence-corrected chi connectivity index (χ0v) is 12.8. The van der Waals surface area contributed by atoms with Crippen LogP contribution in [0.15, 0.2) is 17.1 Å². The van der Waals surface area contributed by atoms with Crippen molar-refractivity contribution in [1.29, 1.82) is 0 Å². The molecule has 0 aliphatic heterocycles. The van der Waals surface area contributed by atoms with Crippen molar-refractivity contribution in [3.63, 3.8) is 0 Å². The van der Waals surface area contributed by atoms with E-state index in [1.165, 1.54) is 32.1 Å². The Morgan fingerprint density at radius 2 is 2.15 bits per heavy atom. The first kappa shape index (κ1) is 15.2. The van der Waals surface area contributed by atoms with Gasteiger partial charge in [0.25, 0.3) is 5.56 Å². The van der Waals surface area contributed by atoms with Crippen LogP contribution in [0.2, 0.25) is 0 Å². The number of nitrogens with zero attached hydrogens (tertiary/aromatic N) is 2. The van der Waals surface area contributed by atoms with Crippen molar-refractivity contribution in [3.8, 4) is 0 Å². The van der Waals surface area contributed by atoms with Crippen molar-refractivity contribution < 1.29 is 0 Å². The summed E-state index contributed by atoms with van der Waals surface area (Å²) < 4.78 is 1.62. The smallest absolute Gasteiger partial charge is 0.267 e. The molecular weight excluding hydrogens is 250 g/mol. The summed E-state index contributed by atoms with van der Waals surface area (Å²) in [5.41, 5.74) is 0.950. The van der Waals surface area contributed by atoms with Crippen LogP contribution in [0.5, 0.6) is 0 Å². The van der Waals surface area contributed by atoms with Gasteiger partial charge in [0.15, 0.2) is 0 Å². The molecule has 4 heteroatoms. The largest absolute Gasteiger partial charge is 0.312 e. The number of hydrogen-bond donors (Lipinski definition) is 1. The van der Waals surface area contributed by atoms with E-state index in [1.807, 2.05) is 6.92 Å². The van der Waals surface area contributed by atoms with E-state index in [2.05, 4.69) is 17.3 Å². The summed E-state index contributed by atoms with van der Waals surface area (Å²) in [5.74, 6) is 0.685. The molecule has 0 spiro atoms. The van der Waals surface area contributed by atoms with Gasteiger partial charge < -0.3 is 5.32 Å². The Hall–Kier alpha value is -1.16. The normalized spacial score (nSPS) is 18.1. The summed E-state index contributed by atoms with van der Waals surface area (Å²) in [4.78, 5) is 12.0. The molecule has 112 valence electrons. The zero-order chi connectivity index (χ0) is 14.4. The third-order valence-corrected chi connectivity index (χ3v) is 4.25. The molecule has 1 aromatic heterocycles. The maximum atomic E-state index is 12.0. The van der Waals surface area contributed by atoms with E-state index in [4.69, 9.17) is 0 Å². The van der Waals surface area contributed by atoms with E-state index < -0.39 is 0 Å². The third kappa shape index (κ3) is 4.17. The molecule has 1 aliphatic carbocycles. The van der Waals surface area contributed by atoms with Crippen molar-refractivity contribution in [2.24, 2.45) is 5.92 Å². The fourth-order valence-electron chi connectivity index (χ4n) is 3.09. The van der Waals surface area contributed by atoms with Gasteiger partial charge in [-0.3, -0.25) is 4.79 Å². The lowest BCUT2D eigenvalue weighted by Gasteiger charge is -2.31. The number of aromatic nitrogens is 2. The van der Waals surface area contributed by atoms with Crippen LogP contribution in [-0.4, -0.2) is 22.4 Å². The Labute approximate surface area is 121 Å². The minimum absolute atomic E-state index is 0.0177. The Kier molecular flexibility index (Phi) is 5.77. The molecule has 2 rings (SSSR count). The fraction of sp³-hybridized carbons (Fsp3) is 0.750. The number of nitrogens with one attached hydrogen (secondary N) is 1. The first-order chi connectivity index (χ1) is 9.70. The van der Waals surface area contributed by atoms with E-state index >= 15 is 0 Å². The highest BCUT2D eigenvalue weighted by atomic mass is 16.1. The molecule has 0 bridgehead atoms. The number of aryl methyl sites for hydroxylation is 1. The first-order valence-electron chi connectivity index (χ1n) is 7.98. The monoisotopic (exact) mass is 277 g/mol. The highest BCUT2D eigenvalue weighted by Crippen LogP contribution is 2.27. The van der Waals surface area contributed by atoms with Gasteiger partial charge in [-0.25, -0.2) is 4.68 Å². The molecule has 1 aromatic rings. The van der Waals surface area contributed by atoms with Crippen molar-refractivity contribution in [1.82, 2.24) is 15.1 Å². The SMILES string of the molecule is CCCNC(Cn1ncc(C)cc1=O)C1CCCCC1. The van der Waals surface area contributed by atoms with Crippen molar-refractivity contribution in [3.05, 3.63) is 28.2 Å². The maximum absolute atomic E-state index is 12.0. The molecule has 1 unspecified atom stereocenters. The fourth-order valence-corrected chi connectivity index (χ4v) is 3.09. The van der Waals surface area contributed by atoms with Gasteiger partial charge in [0.1, 0.15) is 0 Å². The van der Waals surface area contributed by atoms with Gasteiger partial charge in [0, 0.05) is 12.1 Å². The summed E-state index contributed by atoms with van der Waals surface area (Å²) >= 11 is 0. The summed E-state index contributed by atoms with van der Waals surface area (Å²) in [7, 11) is 0. The van der Waals surface area contributed by atoms with E-state index in [0.717, 1.165) is 18.5 Å². The van der Waals surface area contributed by atoms with Gasteiger partial charge in [-0.2, -0.15) is 5.10 Å². The van der Waals surface area contributed by atoms with Gasteiger partial charge in [0.05, 0.1) is 12.7 Å². The molecule has 4 nitrogen and oxygen atoms in total. The molecule has 1 saturated carbocycles. The maximum Gasteiger partial charge on any atom is 0.267 e. The summed E-state index contributed by atoms with van der Waals surface area (Å²) in [6.45, 7) is 5.81. The number of hydrogen-bond acceptors (Lipinski definition) is 3. The second-order valence-corrected chi connectivity index (χ2v) is 6.01. The molecule has 0 radical (unpaired) electrons. The standard InChI is InChI=1S/C16H27N3O/c1-3-9-17-15(14-7-5-4-6-8-14)12-19-16(20)10-13(2)11-18-19/h10-11,14-15,17H,3-9,12H2,1-2H3. The van der Waals surface area contributed by atoms with Crippen molar-refractivity contribution in [2.75, 3.05) is 6.54 Å². The molecule has 1 heterocycles. The minimum Gasteiger partial charge on any atom is -0.312 e. The van der Waals surface area contributed by atoms with Gasteiger partial charge in [-0.15, -0.1) is 0 Å². The Balaban J connectivity index is 2.07. The van der Waals surface area contributed by atoms with Gasteiger partial charge in [0.2, 0.25) is 0 Å². The highest BCUT2D eigenvalue weighted by molar-refractivity contribution is 5.02. The van der Waals surface area contributed by atoms with Crippen LogP contribution >= 0.6 is 0 Å². The van der Waals surface area contributed by atoms with E-state index in [9.17, 15) is 4.79 Å². The minimum atomic E-state index is 0.0177. The average molecular weight is 277 g/mol. The van der Waals surface area contributed by atoms with Gasteiger partial charge in [-0.1, -0.05) is 26.2 Å². The van der Waals surface area contributed by atoms with Gasteiger partial charge in [-0.05, 0) is 44.2 Å². The summed E-state index contributed by atoms with van der Waals surface area (Å²) in [6.07, 6.45) is 9.47. The lowest BCUT2D eigenvalue weighted by molar-refractivity contribution is 0.240. The van der Waals surface area contributed by atoms with E-state index in [0.29, 0.717) is 18.5 Å². The van der Waals surface area contributed by atoms with Crippen molar-refractivity contribution >= 4 is 0 Å². The molecule has 1 aliphatic rings. The van der Waals surface area contributed by atoms with Crippen LogP contribution in [0.4, 0.5) is 0 Å². The average Bonchev–Trinajstić information content (AvgIpc) is 2.46. The predicted octanol–water partition coefficient (Wildman–Crippen LogP) is 2.50. The summed E-state index contributed by atoms with van der Waals surface area (Å²) in [6, 6.07) is 2.05. The second kappa shape index (κ2) is 7.58. The lowest BCUT2D eigenvalue weighted by Crippen LogP contribution is -2.43. The molecular formula is C16H27N3O. The van der Waals surface area contributed by atoms with E-state index in [-0.39, 0.29) is 5.56 Å². The first-order valence-corrected chi connectivity index (χ1v) is 7.98. The van der Waals surface area contributed by atoms with Gasteiger partial charge >= 0.3 is 0 Å². The Morgan fingerprint density at radius 3 is 2.80 bits per heavy atom. The van der Waals surface area contributed by atoms with Crippen LogP contribution in [-0.2, 0) is 6.54 Å². The quantitative estimate of drug-likeness (QED) is 0.869. The van der Waals surface area contributed by atoms with E-state index in [1.54, 1.807) is 16.9 Å². The molecule has 0 aromatic carbocycles. The molecule has 0 amide bonds. The highest BCUT2D eigenvalue weighted by Gasteiger charge is 2.24. The summed E-state index contributed by atoms with van der Waals surface area (Å²) in [5, 5.41) is 7.91. The van der Waals surface area contributed by atoms with Crippen LogP contribution in [0.3, 0.4) is 0 Å². The third-order valence-electron chi connectivity index (χ3n) is 4.25. The molecule has 1 atom stereocenters. The molecule has 0 saturated heterocycles. The molecule has 1 fully saturated rings. The lowest BCUT2D eigenvalue weighted by atomic mass is 9.84. The predicted molar refractivity (Wildman–Crippen MR) is 81.9 cm³/mol. The Bertz CT molecular complexity index is 463. The van der Waals surface area contributed by atoms with Crippen LogP contribution in [0.25, 0.3) is 0 Å². The molecule has 1 N–H and O–H groups in total. The molecule has 20 heavy (non-hydrogen) atoms. The van der Waals surface area contributed by atoms with Crippen LogP contribution < -0.4 is 10.9 Å². The van der Waals surface area contributed by atoms with Crippen LogP contribution in [0, 0.1) is 12.8 Å². The topological polar surface area (TPSA) is 46.9 Å². The zero-order valence-electron chi connectivity index (χ0n) is 12.8. The second-order valence-electron chi connectivity index (χ2n) is 6.01.